The van der Waals surface area contributed by atoms with Gasteiger partial charge in [-0.3, -0.25) is 0 Å². The van der Waals surface area contributed by atoms with Crippen LogP contribution >= 0.6 is 11.8 Å². The Hall–Kier alpha value is -0.980. The van der Waals surface area contributed by atoms with Gasteiger partial charge >= 0.3 is 0 Å². The van der Waals surface area contributed by atoms with Crippen LogP contribution in [0, 0.1) is 23.6 Å². The van der Waals surface area contributed by atoms with Crippen molar-refractivity contribution in [2.24, 2.45) is 11.7 Å². The molecular weight excluding hydrogens is 257 g/mol. The number of hydrogen-bond acceptors (Lipinski definition) is 2. The molecule has 0 atom stereocenters. The average molecular weight is 277 g/mol. The highest BCUT2D eigenvalue weighted by atomic mass is 32.2. The van der Waals surface area contributed by atoms with E-state index in [-0.39, 0.29) is 5.82 Å². The van der Waals surface area contributed by atoms with Gasteiger partial charge in [-0.2, -0.15) is 11.8 Å². The number of benzene rings is 1. The first-order valence-corrected chi connectivity index (χ1v) is 7.99. The predicted molar refractivity (Wildman–Crippen MR) is 80.5 cm³/mol. The van der Waals surface area contributed by atoms with Crippen molar-refractivity contribution in [3.8, 4) is 11.8 Å². The van der Waals surface area contributed by atoms with Gasteiger partial charge in [0.2, 0.25) is 0 Å². The average Bonchev–Trinajstić information content (AvgIpc) is 2.89. The molecule has 1 aliphatic rings. The summed E-state index contributed by atoms with van der Waals surface area (Å²) in [5.41, 5.74) is 7.07. The van der Waals surface area contributed by atoms with Crippen molar-refractivity contribution < 1.29 is 4.39 Å². The molecule has 2 rings (SSSR count). The SMILES string of the molecule is NCC#Cc1cc(F)cc(CSCC2CCCC2)c1. The Morgan fingerprint density at radius 3 is 2.79 bits per heavy atom. The largest absolute Gasteiger partial charge is 0.320 e. The van der Waals surface area contributed by atoms with Crippen molar-refractivity contribution in [1.29, 1.82) is 0 Å². The third-order valence-electron chi connectivity index (χ3n) is 3.39. The number of halogens is 1. The van der Waals surface area contributed by atoms with Crippen LogP contribution in [0.2, 0.25) is 0 Å². The lowest BCUT2D eigenvalue weighted by Crippen LogP contribution is -1.97. The van der Waals surface area contributed by atoms with Gasteiger partial charge in [0, 0.05) is 11.3 Å². The predicted octanol–water partition coefficient (Wildman–Crippen LogP) is 3.56. The molecule has 1 nitrogen and oxygen atoms in total. The number of hydrogen-bond donors (Lipinski definition) is 1. The van der Waals surface area contributed by atoms with Crippen molar-refractivity contribution >= 4 is 11.8 Å². The van der Waals surface area contributed by atoms with Gasteiger partial charge < -0.3 is 5.73 Å². The van der Waals surface area contributed by atoms with E-state index in [2.05, 4.69) is 11.8 Å². The van der Waals surface area contributed by atoms with Crippen LogP contribution in [0.25, 0.3) is 0 Å². The molecule has 102 valence electrons. The first-order chi connectivity index (χ1) is 9.28. The lowest BCUT2D eigenvalue weighted by atomic mass is 10.1. The standard InChI is InChI=1S/C16H20FNS/c17-16-9-14(6-3-7-18)8-15(10-16)12-19-11-13-4-1-2-5-13/h8-10,13H,1-2,4-5,7,11-12,18H2. The van der Waals surface area contributed by atoms with Crippen LogP contribution in [0.15, 0.2) is 18.2 Å². The fourth-order valence-corrected chi connectivity index (χ4v) is 3.67. The highest BCUT2D eigenvalue weighted by Crippen LogP contribution is 2.29. The first-order valence-electron chi connectivity index (χ1n) is 6.84. The van der Waals surface area contributed by atoms with Gasteiger partial charge in [-0.15, -0.1) is 0 Å². The summed E-state index contributed by atoms with van der Waals surface area (Å²) >= 11 is 1.91. The third-order valence-corrected chi connectivity index (χ3v) is 4.63. The molecule has 1 aromatic carbocycles. The van der Waals surface area contributed by atoms with Crippen molar-refractivity contribution in [3.05, 3.63) is 35.1 Å². The Bertz CT molecular complexity index is 469. The summed E-state index contributed by atoms with van der Waals surface area (Å²) in [6.45, 7) is 0.308. The topological polar surface area (TPSA) is 26.0 Å². The Labute approximate surface area is 119 Å². The van der Waals surface area contributed by atoms with Crippen LogP contribution in [-0.4, -0.2) is 12.3 Å². The van der Waals surface area contributed by atoms with Crippen LogP contribution in [0.3, 0.4) is 0 Å². The van der Waals surface area contributed by atoms with E-state index in [4.69, 9.17) is 5.73 Å². The minimum Gasteiger partial charge on any atom is -0.320 e. The number of rotatable bonds is 4. The van der Waals surface area contributed by atoms with Gasteiger partial charge in [0.15, 0.2) is 0 Å². The second kappa shape index (κ2) is 7.57. The quantitative estimate of drug-likeness (QED) is 0.852. The molecule has 0 bridgehead atoms. The lowest BCUT2D eigenvalue weighted by molar-refractivity contribution is 0.622. The van der Waals surface area contributed by atoms with E-state index in [1.54, 1.807) is 6.07 Å². The van der Waals surface area contributed by atoms with Gasteiger partial charge in [-0.05, 0) is 48.3 Å². The van der Waals surface area contributed by atoms with Crippen molar-refractivity contribution in [2.45, 2.75) is 31.4 Å². The molecule has 0 aromatic heterocycles. The fraction of sp³-hybridized carbons (Fsp3) is 0.500. The van der Waals surface area contributed by atoms with E-state index in [0.717, 1.165) is 22.8 Å². The Morgan fingerprint density at radius 2 is 2.05 bits per heavy atom. The van der Waals surface area contributed by atoms with E-state index in [1.165, 1.54) is 37.5 Å². The molecule has 2 N–H and O–H groups in total. The second-order valence-corrected chi connectivity index (χ2v) is 6.05. The molecular formula is C16H20FNS. The summed E-state index contributed by atoms with van der Waals surface area (Å²) in [5, 5.41) is 0. The summed E-state index contributed by atoms with van der Waals surface area (Å²) < 4.78 is 13.5. The summed E-state index contributed by atoms with van der Waals surface area (Å²) in [6.07, 6.45) is 5.49. The third kappa shape index (κ3) is 4.89. The minimum atomic E-state index is -0.208. The smallest absolute Gasteiger partial charge is 0.124 e. The zero-order valence-electron chi connectivity index (χ0n) is 11.1. The van der Waals surface area contributed by atoms with Crippen LogP contribution in [0.1, 0.15) is 36.8 Å². The molecule has 1 aromatic rings. The van der Waals surface area contributed by atoms with Crippen LogP contribution in [-0.2, 0) is 5.75 Å². The molecule has 0 spiro atoms. The van der Waals surface area contributed by atoms with Gasteiger partial charge in [-0.1, -0.05) is 24.7 Å². The number of nitrogens with two attached hydrogens (primary N) is 1. The highest BCUT2D eigenvalue weighted by molar-refractivity contribution is 7.98. The maximum atomic E-state index is 13.5. The van der Waals surface area contributed by atoms with Gasteiger partial charge in [0.05, 0.1) is 6.54 Å². The molecule has 0 radical (unpaired) electrons. The van der Waals surface area contributed by atoms with Crippen LogP contribution in [0.4, 0.5) is 4.39 Å². The van der Waals surface area contributed by atoms with Crippen molar-refractivity contribution in [3.63, 3.8) is 0 Å². The molecule has 0 aliphatic heterocycles. The molecule has 0 unspecified atom stereocenters. The van der Waals surface area contributed by atoms with E-state index in [1.807, 2.05) is 17.8 Å². The Balaban J connectivity index is 1.89. The molecule has 0 saturated heterocycles. The normalized spacial score (nSPS) is 15.3. The minimum absolute atomic E-state index is 0.208. The van der Waals surface area contributed by atoms with E-state index in [0.29, 0.717) is 6.54 Å². The monoisotopic (exact) mass is 277 g/mol. The van der Waals surface area contributed by atoms with E-state index < -0.39 is 0 Å². The van der Waals surface area contributed by atoms with E-state index in [9.17, 15) is 4.39 Å². The van der Waals surface area contributed by atoms with E-state index >= 15 is 0 Å². The molecule has 0 amide bonds. The summed E-state index contributed by atoms with van der Waals surface area (Å²) in [6, 6.07) is 5.04. The van der Waals surface area contributed by atoms with Crippen LogP contribution < -0.4 is 5.73 Å². The summed E-state index contributed by atoms with van der Waals surface area (Å²) in [7, 11) is 0. The Kier molecular flexibility index (Phi) is 5.75. The van der Waals surface area contributed by atoms with Gasteiger partial charge in [0.1, 0.15) is 5.82 Å². The summed E-state index contributed by atoms with van der Waals surface area (Å²) in [5.74, 6) is 8.38. The molecule has 19 heavy (non-hydrogen) atoms. The molecule has 1 aliphatic carbocycles. The number of thioether (sulfide) groups is 1. The molecule has 1 fully saturated rings. The zero-order chi connectivity index (χ0) is 13.5. The fourth-order valence-electron chi connectivity index (χ4n) is 2.48. The molecule has 3 heteroatoms. The molecule has 0 heterocycles. The van der Waals surface area contributed by atoms with Gasteiger partial charge in [-0.25, -0.2) is 4.39 Å². The van der Waals surface area contributed by atoms with Crippen LogP contribution in [0.5, 0.6) is 0 Å². The summed E-state index contributed by atoms with van der Waals surface area (Å²) in [4.78, 5) is 0. The first kappa shape index (κ1) is 14.4. The zero-order valence-corrected chi connectivity index (χ0v) is 11.9. The van der Waals surface area contributed by atoms with Crippen molar-refractivity contribution in [2.75, 3.05) is 12.3 Å². The second-order valence-electron chi connectivity index (χ2n) is 5.02. The van der Waals surface area contributed by atoms with Gasteiger partial charge in [0.25, 0.3) is 0 Å². The highest BCUT2D eigenvalue weighted by Gasteiger charge is 2.14. The van der Waals surface area contributed by atoms with Crippen molar-refractivity contribution in [1.82, 2.24) is 0 Å². The maximum Gasteiger partial charge on any atom is 0.124 e. The Morgan fingerprint density at radius 1 is 1.26 bits per heavy atom. The molecule has 1 saturated carbocycles. The lowest BCUT2D eigenvalue weighted by Gasteiger charge is -2.08. The maximum absolute atomic E-state index is 13.5.